The summed E-state index contributed by atoms with van der Waals surface area (Å²) < 4.78 is 61.5. The number of alkyl halides is 2. The summed E-state index contributed by atoms with van der Waals surface area (Å²) >= 11 is 0. The average Bonchev–Trinajstić information content (AvgIpc) is 3.46. The van der Waals surface area contributed by atoms with Crippen LogP contribution in [0, 0.1) is 11.6 Å². The highest BCUT2D eigenvalue weighted by molar-refractivity contribution is 5.46. The fraction of sp³-hybridized carbons (Fsp3) is 0.450. The van der Waals surface area contributed by atoms with Crippen LogP contribution in [0.3, 0.4) is 0 Å². The van der Waals surface area contributed by atoms with Gasteiger partial charge in [0.05, 0.1) is 18.0 Å². The summed E-state index contributed by atoms with van der Waals surface area (Å²) in [5, 5.41) is 3.79. The maximum absolute atomic E-state index is 14.2. The predicted molar refractivity (Wildman–Crippen MR) is 104 cm³/mol. The predicted octanol–water partition coefficient (Wildman–Crippen LogP) is 2.53. The Balaban J connectivity index is 1.28. The van der Waals surface area contributed by atoms with Crippen LogP contribution < -0.4 is 5.73 Å². The van der Waals surface area contributed by atoms with Gasteiger partial charge in [0.1, 0.15) is 24.1 Å². The van der Waals surface area contributed by atoms with Crippen molar-refractivity contribution >= 4 is 0 Å². The first kappa shape index (κ1) is 21.0. The summed E-state index contributed by atoms with van der Waals surface area (Å²) in [7, 11) is 1.79. The molecule has 0 radical (unpaired) electrons. The number of halogens is 4. The van der Waals surface area contributed by atoms with E-state index in [0.29, 0.717) is 36.6 Å². The molecule has 5 rings (SSSR count). The maximum atomic E-state index is 14.2. The van der Waals surface area contributed by atoms with Crippen LogP contribution in [0.2, 0.25) is 0 Å². The lowest BCUT2D eigenvalue weighted by Crippen LogP contribution is -2.47. The van der Waals surface area contributed by atoms with Crippen LogP contribution in [0.5, 0.6) is 0 Å². The van der Waals surface area contributed by atoms with Gasteiger partial charge in [-0.3, -0.25) is 4.90 Å². The lowest BCUT2D eigenvalue weighted by Gasteiger charge is -2.38. The molecule has 0 saturated carbocycles. The largest absolute Gasteiger partial charge is 0.370 e. The van der Waals surface area contributed by atoms with Gasteiger partial charge in [0.15, 0.2) is 5.82 Å². The molecule has 2 N–H and O–H groups in total. The molecule has 0 amide bonds. The zero-order valence-electron chi connectivity index (χ0n) is 17.1. The molecule has 0 bridgehead atoms. The molecule has 3 atom stereocenters. The molecular weight excluding hydrogens is 430 g/mol. The molecule has 1 fully saturated rings. The van der Waals surface area contributed by atoms with Crippen molar-refractivity contribution in [1.82, 2.24) is 29.2 Å². The first-order valence-electron chi connectivity index (χ1n) is 10.1. The lowest BCUT2D eigenvalue weighted by atomic mass is 9.93. The minimum atomic E-state index is -2.76. The molecule has 1 saturated heterocycles. The summed E-state index contributed by atoms with van der Waals surface area (Å²) in [5.74, 6) is -0.522. The number of aromatic nitrogens is 5. The number of hydrogen-bond acceptors (Lipinski definition) is 6. The van der Waals surface area contributed by atoms with Gasteiger partial charge >= 0.3 is 6.55 Å². The molecule has 1 aromatic carbocycles. The number of fused-ring (bicyclic) bond motifs is 1. The molecular formula is C20H21F4N7O. The molecule has 2 aromatic heterocycles. The van der Waals surface area contributed by atoms with Crippen molar-refractivity contribution in [2.45, 2.75) is 44.2 Å². The first-order chi connectivity index (χ1) is 15.3. The van der Waals surface area contributed by atoms with Gasteiger partial charge in [-0.25, -0.2) is 18.7 Å². The third kappa shape index (κ3) is 3.57. The van der Waals surface area contributed by atoms with E-state index in [2.05, 4.69) is 20.0 Å². The summed E-state index contributed by atoms with van der Waals surface area (Å²) in [4.78, 5) is 10.6. The van der Waals surface area contributed by atoms with Crippen molar-refractivity contribution in [2.24, 2.45) is 12.8 Å². The van der Waals surface area contributed by atoms with Crippen LogP contribution in [-0.4, -0.2) is 47.9 Å². The molecule has 2 aliphatic rings. The van der Waals surface area contributed by atoms with E-state index >= 15 is 0 Å². The summed E-state index contributed by atoms with van der Waals surface area (Å²) in [6.07, 6.45) is 0.805. The number of ether oxygens (including phenoxy) is 1. The van der Waals surface area contributed by atoms with E-state index in [1.54, 1.807) is 11.6 Å². The Labute approximate surface area is 180 Å². The van der Waals surface area contributed by atoms with Gasteiger partial charge in [-0.2, -0.15) is 13.5 Å². The molecule has 12 heteroatoms. The summed E-state index contributed by atoms with van der Waals surface area (Å²) in [5.41, 5.74) is 8.15. The second-order valence-corrected chi connectivity index (χ2v) is 8.09. The average molecular weight is 451 g/mol. The van der Waals surface area contributed by atoms with E-state index in [1.807, 2.05) is 0 Å². The van der Waals surface area contributed by atoms with Crippen molar-refractivity contribution in [3.8, 4) is 11.6 Å². The fourth-order valence-corrected chi connectivity index (χ4v) is 4.43. The molecule has 8 nitrogen and oxygen atoms in total. The molecule has 32 heavy (non-hydrogen) atoms. The SMILES string of the molecule is Cn1c(-c2ncn(C(F)F)n2)nc2c1CN([C@H]1CO[C@H](c3cc(F)ccc3F)C(N)C1)C2. The Morgan fingerprint density at radius 3 is 2.72 bits per heavy atom. The van der Waals surface area contributed by atoms with Crippen molar-refractivity contribution < 1.29 is 22.3 Å². The summed E-state index contributed by atoms with van der Waals surface area (Å²) in [6, 6.07) is 2.74. The molecule has 0 aliphatic carbocycles. The van der Waals surface area contributed by atoms with Gasteiger partial charge in [-0.05, 0) is 24.6 Å². The van der Waals surface area contributed by atoms with Crippen LogP contribution in [0.25, 0.3) is 11.6 Å². The van der Waals surface area contributed by atoms with Crippen LogP contribution in [-0.2, 0) is 24.9 Å². The molecule has 4 heterocycles. The summed E-state index contributed by atoms with van der Waals surface area (Å²) in [6.45, 7) is -1.36. The minimum Gasteiger partial charge on any atom is -0.370 e. The van der Waals surface area contributed by atoms with Crippen molar-refractivity contribution in [2.75, 3.05) is 6.61 Å². The molecule has 2 aliphatic heterocycles. The zero-order chi connectivity index (χ0) is 22.6. The van der Waals surface area contributed by atoms with Crippen molar-refractivity contribution in [3.63, 3.8) is 0 Å². The maximum Gasteiger partial charge on any atom is 0.334 e. The van der Waals surface area contributed by atoms with Crippen LogP contribution in [0.15, 0.2) is 24.5 Å². The molecule has 1 unspecified atom stereocenters. The van der Waals surface area contributed by atoms with Crippen molar-refractivity contribution in [3.05, 3.63) is 53.1 Å². The third-order valence-corrected chi connectivity index (χ3v) is 6.09. The van der Waals surface area contributed by atoms with E-state index in [9.17, 15) is 17.6 Å². The normalized spacial score (nSPS) is 23.8. The zero-order valence-corrected chi connectivity index (χ0v) is 17.1. The second kappa shape index (κ2) is 7.94. The van der Waals surface area contributed by atoms with E-state index in [4.69, 9.17) is 10.5 Å². The van der Waals surface area contributed by atoms with Gasteiger partial charge in [-0.15, -0.1) is 5.10 Å². The number of nitrogens with zero attached hydrogens (tertiary/aromatic N) is 6. The van der Waals surface area contributed by atoms with E-state index in [0.717, 1.165) is 35.9 Å². The number of hydrogen-bond donors (Lipinski definition) is 1. The van der Waals surface area contributed by atoms with E-state index < -0.39 is 30.3 Å². The topological polar surface area (TPSA) is 87.0 Å². The highest BCUT2D eigenvalue weighted by Crippen LogP contribution is 2.35. The lowest BCUT2D eigenvalue weighted by molar-refractivity contribution is -0.0534. The second-order valence-electron chi connectivity index (χ2n) is 8.09. The minimum absolute atomic E-state index is 0.0216. The van der Waals surface area contributed by atoms with Crippen LogP contribution in [0.4, 0.5) is 17.6 Å². The monoisotopic (exact) mass is 451 g/mol. The van der Waals surface area contributed by atoms with Gasteiger partial charge in [0.25, 0.3) is 0 Å². The quantitative estimate of drug-likeness (QED) is 0.614. The number of rotatable bonds is 4. The number of benzene rings is 1. The van der Waals surface area contributed by atoms with Gasteiger partial charge in [-0.1, -0.05) is 0 Å². The highest BCUT2D eigenvalue weighted by atomic mass is 19.3. The van der Waals surface area contributed by atoms with Gasteiger partial charge < -0.3 is 15.0 Å². The standard InChI is InChI=1S/C20H21F4N7O/c1-29-16-7-30(6-15(16)27-19(29)18-26-9-31(28-18)20(23)24)11-5-14(25)17(32-8-11)12-4-10(21)2-3-13(12)22/h2-4,9,11,14,17,20H,5-8,25H2,1H3/t11-,14?,17-/m1/s1. The molecule has 3 aromatic rings. The molecule has 0 spiro atoms. The number of nitrogens with two attached hydrogens (primary N) is 1. The Morgan fingerprint density at radius 1 is 1.22 bits per heavy atom. The van der Waals surface area contributed by atoms with Crippen LogP contribution >= 0.6 is 0 Å². The highest BCUT2D eigenvalue weighted by Gasteiger charge is 2.38. The first-order valence-corrected chi connectivity index (χ1v) is 10.1. The number of imidazole rings is 1. The Bertz CT molecular complexity index is 1150. The Hall–Kier alpha value is -2.83. The fourth-order valence-electron chi connectivity index (χ4n) is 4.43. The Morgan fingerprint density at radius 2 is 2.03 bits per heavy atom. The smallest absolute Gasteiger partial charge is 0.334 e. The van der Waals surface area contributed by atoms with E-state index in [1.165, 1.54) is 0 Å². The Kier molecular flexibility index (Phi) is 5.22. The van der Waals surface area contributed by atoms with Gasteiger partial charge in [0, 0.05) is 37.8 Å². The molecule has 170 valence electrons. The van der Waals surface area contributed by atoms with Crippen molar-refractivity contribution in [1.29, 1.82) is 0 Å². The van der Waals surface area contributed by atoms with Gasteiger partial charge in [0.2, 0.25) is 5.82 Å². The third-order valence-electron chi connectivity index (χ3n) is 6.09. The van der Waals surface area contributed by atoms with Crippen LogP contribution in [0.1, 0.15) is 36.0 Å². The van der Waals surface area contributed by atoms with E-state index in [-0.39, 0.29) is 17.4 Å².